The van der Waals surface area contributed by atoms with Gasteiger partial charge in [-0.1, -0.05) is 23.7 Å². The minimum absolute atomic E-state index is 0.0437. The molecule has 0 saturated carbocycles. The summed E-state index contributed by atoms with van der Waals surface area (Å²) in [5, 5.41) is 11.6. The maximum absolute atomic E-state index is 14.5. The molecule has 1 fully saturated rings. The van der Waals surface area contributed by atoms with E-state index in [9.17, 15) is 14.0 Å². The molecule has 0 bridgehead atoms. The van der Waals surface area contributed by atoms with E-state index in [0.717, 1.165) is 0 Å². The highest BCUT2D eigenvalue weighted by atomic mass is 35.5. The Hall–Kier alpha value is -3.18. The van der Waals surface area contributed by atoms with Crippen molar-refractivity contribution in [3.05, 3.63) is 76.1 Å². The van der Waals surface area contributed by atoms with Crippen molar-refractivity contribution in [1.29, 1.82) is 0 Å². The predicted octanol–water partition coefficient (Wildman–Crippen LogP) is 1.70. The van der Waals surface area contributed by atoms with Crippen molar-refractivity contribution >= 4 is 23.3 Å². The molecule has 0 unspecified atom stereocenters. The molecule has 1 saturated heterocycles. The molecule has 0 spiro atoms. The van der Waals surface area contributed by atoms with Crippen molar-refractivity contribution < 1.29 is 18.7 Å². The van der Waals surface area contributed by atoms with Gasteiger partial charge in [-0.25, -0.2) is 4.39 Å². The Morgan fingerprint density at radius 3 is 2.56 bits per heavy atom. The second-order valence-electron chi connectivity index (χ2n) is 7.71. The van der Waals surface area contributed by atoms with Gasteiger partial charge in [0, 0.05) is 23.7 Å². The summed E-state index contributed by atoms with van der Waals surface area (Å²) in [6.07, 6.45) is 0. The first kappa shape index (κ1) is 24.0. The van der Waals surface area contributed by atoms with Crippen molar-refractivity contribution in [2.24, 2.45) is 5.73 Å². The van der Waals surface area contributed by atoms with Gasteiger partial charge in [-0.3, -0.25) is 19.1 Å². The van der Waals surface area contributed by atoms with Crippen molar-refractivity contribution in [2.45, 2.75) is 13.1 Å². The number of nitrogens with zero attached hydrogens (tertiary/aromatic N) is 4. The van der Waals surface area contributed by atoms with Gasteiger partial charge in [0.25, 0.3) is 0 Å². The van der Waals surface area contributed by atoms with Crippen LogP contribution in [0.2, 0.25) is 5.02 Å². The summed E-state index contributed by atoms with van der Waals surface area (Å²) in [4.78, 5) is 27.3. The first-order chi connectivity index (χ1) is 16.5. The minimum atomic E-state index is -0.633. The van der Waals surface area contributed by atoms with Crippen molar-refractivity contribution in [3.63, 3.8) is 0 Å². The van der Waals surface area contributed by atoms with Crippen LogP contribution in [0.5, 0.6) is 0 Å². The van der Waals surface area contributed by atoms with Gasteiger partial charge in [0.2, 0.25) is 5.91 Å². The van der Waals surface area contributed by atoms with Gasteiger partial charge in [-0.15, -0.1) is 10.2 Å². The monoisotopic (exact) mass is 486 g/mol. The lowest BCUT2D eigenvalue weighted by Gasteiger charge is -2.26. The zero-order valence-corrected chi connectivity index (χ0v) is 19.1. The topological polar surface area (TPSA) is 115 Å². The Bertz CT molecular complexity index is 1200. The molecule has 1 aliphatic rings. The quantitative estimate of drug-likeness (QED) is 0.465. The summed E-state index contributed by atoms with van der Waals surface area (Å²) >= 11 is 6.23. The van der Waals surface area contributed by atoms with Crippen LogP contribution in [0.1, 0.15) is 27.6 Å². The number of aromatic nitrogens is 3. The SMILES string of the molecule is NCC(=O)NCc1nnc(CN2CCOCC2)n1-c1ccc(Cl)cc1C(=O)c1ccccc1F. The minimum Gasteiger partial charge on any atom is -0.379 e. The highest BCUT2D eigenvalue weighted by Gasteiger charge is 2.24. The lowest BCUT2D eigenvalue weighted by atomic mass is 10.0. The summed E-state index contributed by atoms with van der Waals surface area (Å²) < 4.78 is 21.6. The Balaban J connectivity index is 1.80. The molecule has 1 amide bonds. The fourth-order valence-corrected chi connectivity index (χ4v) is 3.91. The van der Waals surface area contributed by atoms with Crippen LogP contribution in [-0.4, -0.2) is 64.2 Å². The van der Waals surface area contributed by atoms with E-state index in [2.05, 4.69) is 20.4 Å². The van der Waals surface area contributed by atoms with E-state index in [1.807, 2.05) is 0 Å². The molecule has 3 N–H and O–H groups in total. The largest absolute Gasteiger partial charge is 0.379 e. The summed E-state index contributed by atoms with van der Waals surface area (Å²) in [6, 6.07) is 10.6. The van der Waals surface area contributed by atoms with E-state index in [-0.39, 0.29) is 30.1 Å². The summed E-state index contributed by atoms with van der Waals surface area (Å²) in [5.41, 5.74) is 5.95. The van der Waals surface area contributed by atoms with Crippen molar-refractivity contribution in [1.82, 2.24) is 25.0 Å². The van der Waals surface area contributed by atoms with Gasteiger partial charge in [-0.05, 0) is 30.3 Å². The average molecular weight is 487 g/mol. The second-order valence-corrected chi connectivity index (χ2v) is 8.14. The van der Waals surface area contributed by atoms with E-state index in [4.69, 9.17) is 22.1 Å². The number of carbonyl (C=O) groups excluding carboxylic acids is 2. The Morgan fingerprint density at radius 2 is 1.82 bits per heavy atom. The fraction of sp³-hybridized carbons (Fsp3) is 0.304. The Labute approximate surface area is 200 Å². The maximum atomic E-state index is 14.5. The number of hydrogen-bond acceptors (Lipinski definition) is 7. The summed E-state index contributed by atoms with van der Waals surface area (Å²) in [7, 11) is 0. The smallest absolute Gasteiger partial charge is 0.234 e. The molecular formula is C23H24ClFN6O3. The fourth-order valence-electron chi connectivity index (χ4n) is 3.73. The third-order valence-corrected chi connectivity index (χ3v) is 5.69. The number of amides is 1. The van der Waals surface area contributed by atoms with Crippen LogP contribution >= 0.6 is 11.6 Å². The highest BCUT2D eigenvalue weighted by molar-refractivity contribution is 6.31. The van der Waals surface area contributed by atoms with E-state index < -0.39 is 11.6 Å². The molecule has 178 valence electrons. The van der Waals surface area contributed by atoms with E-state index >= 15 is 0 Å². The molecule has 0 radical (unpaired) electrons. The summed E-state index contributed by atoms with van der Waals surface area (Å²) in [6.45, 7) is 2.95. The molecule has 4 rings (SSSR count). The first-order valence-electron chi connectivity index (χ1n) is 10.8. The van der Waals surface area contributed by atoms with Gasteiger partial charge >= 0.3 is 0 Å². The van der Waals surface area contributed by atoms with Crippen LogP contribution < -0.4 is 11.1 Å². The van der Waals surface area contributed by atoms with Gasteiger partial charge in [0.15, 0.2) is 17.4 Å². The molecule has 0 atom stereocenters. The standard InChI is InChI=1S/C23H24ClFN6O3/c24-15-5-6-19(17(11-15)23(33)16-3-1-2-4-18(16)25)31-20(13-27-22(32)12-26)28-29-21(31)14-30-7-9-34-10-8-30/h1-6,11H,7-10,12-14,26H2,(H,27,32). The van der Waals surface area contributed by atoms with Gasteiger partial charge in [-0.2, -0.15) is 0 Å². The molecule has 34 heavy (non-hydrogen) atoms. The van der Waals surface area contributed by atoms with Gasteiger partial charge in [0.1, 0.15) is 5.82 Å². The molecule has 3 aromatic rings. The molecule has 0 aliphatic carbocycles. The number of rotatable bonds is 8. The zero-order valence-electron chi connectivity index (χ0n) is 18.3. The number of hydrogen-bond donors (Lipinski definition) is 2. The number of ketones is 1. The molecule has 11 heteroatoms. The third kappa shape index (κ3) is 5.31. The van der Waals surface area contributed by atoms with Crippen LogP contribution in [0.15, 0.2) is 42.5 Å². The molecule has 1 aliphatic heterocycles. The van der Waals surface area contributed by atoms with Crippen LogP contribution in [0.3, 0.4) is 0 Å². The maximum Gasteiger partial charge on any atom is 0.234 e. The molecule has 9 nitrogen and oxygen atoms in total. The van der Waals surface area contributed by atoms with Crippen LogP contribution in [0, 0.1) is 5.82 Å². The van der Waals surface area contributed by atoms with Crippen LogP contribution in [0.25, 0.3) is 5.69 Å². The number of halogens is 2. The lowest BCUT2D eigenvalue weighted by Crippen LogP contribution is -2.36. The lowest BCUT2D eigenvalue weighted by molar-refractivity contribution is -0.119. The van der Waals surface area contributed by atoms with E-state index in [1.165, 1.54) is 24.3 Å². The van der Waals surface area contributed by atoms with E-state index in [0.29, 0.717) is 55.2 Å². The normalized spacial score (nSPS) is 14.2. The van der Waals surface area contributed by atoms with Crippen LogP contribution in [0.4, 0.5) is 4.39 Å². The number of ether oxygens (including phenoxy) is 1. The molecule has 2 aromatic carbocycles. The average Bonchev–Trinajstić information content (AvgIpc) is 3.25. The Morgan fingerprint density at radius 1 is 1.09 bits per heavy atom. The van der Waals surface area contributed by atoms with Crippen molar-refractivity contribution in [3.8, 4) is 5.69 Å². The summed E-state index contributed by atoms with van der Waals surface area (Å²) in [5.74, 6) is -0.563. The molecule has 1 aromatic heterocycles. The number of benzene rings is 2. The zero-order chi connectivity index (χ0) is 24.1. The van der Waals surface area contributed by atoms with Gasteiger partial charge < -0.3 is 15.8 Å². The number of nitrogens with one attached hydrogen (secondary N) is 1. The van der Waals surface area contributed by atoms with E-state index in [1.54, 1.807) is 22.8 Å². The number of carbonyl (C=O) groups is 2. The predicted molar refractivity (Wildman–Crippen MR) is 123 cm³/mol. The molecule has 2 heterocycles. The second kappa shape index (κ2) is 10.8. The highest BCUT2D eigenvalue weighted by Crippen LogP contribution is 2.26. The number of morpholine rings is 1. The van der Waals surface area contributed by atoms with Crippen LogP contribution in [-0.2, 0) is 22.6 Å². The van der Waals surface area contributed by atoms with Gasteiger partial charge in [0.05, 0.1) is 44.1 Å². The third-order valence-electron chi connectivity index (χ3n) is 5.46. The molecular weight excluding hydrogens is 463 g/mol. The number of nitrogens with two attached hydrogens (primary N) is 1. The Kier molecular flexibility index (Phi) is 7.63. The first-order valence-corrected chi connectivity index (χ1v) is 11.1. The van der Waals surface area contributed by atoms with Crippen molar-refractivity contribution in [2.75, 3.05) is 32.8 Å².